The van der Waals surface area contributed by atoms with E-state index in [4.69, 9.17) is 4.74 Å². The predicted molar refractivity (Wildman–Crippen MR) is 130 cm³/mol. The molecule has 2 aromatic carbocycles. The molecule has 0 bridgehead atoms. The number of ether oxygens (including phenoxy) is 1. The number of aliphatic hydroxyl groups is 1. The van der Waals surface area contributed by atoms with Crippen molar-refractivity contribution in [1.29, 1.82) is 0 Å². The van der Waals surface area contributed by atoms with Crippen LogP contribution in [0.4, 0.5) is 5.69 Å². The molecule has 3 heterocycles. The first kappa shape index (κ1) is 23.3. The van der Waals surface area contributed by atoms with Crippen molar-refractivity contribution in [2.75, 3.05) is 43.9 Å². The van der Waals surface area contributed by atoms with E-state index in [9.17, 15) is 18.3 Å². The van der Waals surface area contributed by atoms with Gasteiger partial charge in [-0.05, 0) is 86.1 Å². The van der Waals surface area contributed by atoms with Crippen LogP contribution in [0, 0.1) is 12.3 Å². The average Bonchev–Trinajstić information content (AvgIpc) is 3.40. The van der Waals surface area contributed by atoms with Gasteiger partial charge < -0.3 is 19.6 Å². The van der Waals surface area contributed by atoms with Gasteiger partial charge in [-0.25, -0.2) is 13.2 Å². The minimum absolute atomic E-state index is 0.276. The molecule has 182 valence electrons. The molecule has 8 heteroatoms. The third-order valence-corrected chi connectivity index (χ3v) is 9.11. The molecule has 2 fully saturated rings. The van der Waals surface area contributed by atoms with Gasteiger partial charge >= 0.3 is 5.97 Å². The fraction of sp³-hybridized carbons (Fsp3) is 0.500. The minimum Gasteiger partial charge on any atom is -0.457 e. The number of anilines is 1. The molecule has 3 aliphatic heterocycles. The van der Waals surface area contributed by atoms with Gasteiger partial charge in [0.05, 0.1) is 16.6 Å². The minimum atomic E-state index is -3.18. The molecule has 0 aromatic heterocycles. The number of carbonyl (C=O) groups is 1. The van der Waals surface area contributed by atoms with Crippen LogP contribution in [0.3, 0.4) is 0 Å². The Morgan fingerprint density at radius 1 is 1.06 bits per heavy atom. The number of hydrogen-bond acceptors (Lipinski definition) is 7. The van der Waals surface area contributed by atoms with Crippen LogP contribution >= 0.6 is 0 Å². The SMILES string of the molecule is Cc1c(C(O)CN2CCC3(CC2)CCN(c2ccc(S(C)(=O)=O)cc2)C3)ccc2c1COC2=O. The third kappa shape index (κ3) is 4.34. The second-order valence-electron chi connectivity index (χ2n) is 10.1. The highest BCUT2D eigenvalue weighted by Gasteiger charge is 2.41. The monoisotopic (exact) mass is 484 g/mol. The van der Waals surface area contributed by atoms with E-state index < -0.39 is 15.9 Å². The van der Waals surface area contributed by atoms with Crippen LogP contribution in [-0.2, 0) is 21.2 Å². The number of nitrogens with zero attached hydrogens (tertiary/aromatic N) is 2. The molecule has 3 aliphatic rings. The fourth-order valence-electron chi connectivity index (χ4n) is 5.75. The zero-order chi connectivity index (χ0) is 24.1. The fourth-order valence-corrected chi connectivity index (χ4v) is 6.38. The van der Waals surface area contributed by atoms with Gasteiger partial charge in [0.15, 0.2) is 9.84 Å². The first-order valence-electron chi connectivity index (χ1n) is 11.9. The van der Waals surface area contributed by atoms with Gasteiger partial charge in [0.25, 0.3) is 0 Å². The van der Waals surface area contributed by atoms with Crippen molar-refractivity contribution in [3.05, 3.63) is 58.7 Å². The van der Waals surface area contributed by atoms with Crippen LogP contribution in [0.25, 0.3) is 0 Å². The molecule has 1 N–H and O–H groups in total. The smallest absolute Gasteiger partial charge is 0.338 e. The van der Waals surface area contributed by atoms with Gasteiger partial charge in [-0.2, -0.15) is 0 Å². The van der Waals surface area contributed by atoms with Gasteiger partial charge in [-0.1, -0.05) is 6.07 Å². The topological polar surface area (TPSA) is 87.2 Å². The Labute approximate surface area is 201 Å². The van der Waals surface area contributed by atoms with Crippen molar-refractivity contribution in [2.24, 2.45) is 5.41 Å². The van der Waals surface area contributed by atoms with E-state index in [0.717, 1.165) is 67.8 Å². The summed E-state index contributed by atoms with van der Waals surface area (Å²) in [6.07, 6.45) is 3.95. The lowest BCUT2D eigenvalue weighted by molar-refractivity contribution is 0.0534. The van der Waals surface area contributed by atoms with Gasteiger partial charge in [0.1, 0.15) is 6.61 Å². The van der Waals surface area contributed by atoms with Crippen LogP contribution in [0.1, 0.15) is 52.4 Å². The summed E-state index contributed by atoms with van der Waals surface area (Å²) in [6.45, 7) is 6.70. The molecule has 7 nitrogen and oxygen atoms in total. The van der Waals surface area contributed by atoms with Gasteiger partial charge in [-0.15, -0.1) is 0 Å². The average molecular weight is 485 g/mol. The predicted octanol–water partition coefficient (Wildman–Crippen LogP) is 3.09. The second-order valence-corrected chi connectivity index (χ2v) is 12.2. The van der Waals surface area contributed by atoms with E-state index in [1.165, 1.54) is 6.26 Å². The number of aliphatic hydroxyl groups excluding tert-OH is 1. The standard InChI is InChI=1S/C26H32N2O5S/c1-18-21(7-8-22-23(18)16-33-25(22)30)24(29)15-27-12-9-26(10-13-27)11-14-28(17-26)19-3-5-20(6-4-19)34(2,31)32/h3-8,24,29H,9-17H2,1-2H3. The zero-order valence-corrected chi connectivity index (χ0v) is 20.6. The van der Waals surface area contributed by atoms with E-state index in [-0.39, 0.29) is 11.4 Å². The van der Waals surface area contributed by atoms with Crippen molar-refractivity contribution in [3.8, 4) is 0 Å². The summed E-state index contributed by atoms with van der Waals surface area (Å²) in [5.41, 5.74) is 4.70. The second kappa shape index (κ2) is 8.66. The largest absolute Gasteiger partial charge is 0.457 e. The maximum Gasteiger partial charge on any atom is 0.338 e. The van der Waals surface area contributed by atoms with Crippen molar-refractivity contribution < 1.29 is 23.1 Å². The summed E-state index contributed by atoms with van der Waals surface area (Å²) in [5, 5.41) is 11.0. The number of sulfone groups is 1. The molecular weight excluding hydrogens is 452 g/mol. The van der Waals surface area contributed by atoms with Gasteiger partial charge in [0.2, 0.25) is 0 Å². The molecule has 1 atom stereocenters. The molecule has 0 saturated carbocycles. The highest BCUT2D eigenvalue weighted by molar-refractivity contribution is 7.90. The number of cyclic esters (lactones) is 1. The van der Waals surface area contributed by atoms with E-state index in [2.05, 4.69) is 9.80 Å². The van der Waals surface area contributed by atoms with Crippen molar-refractivity contribution in [1.82, 2.24) is 4.90 Å². The maximum atomic E-state index is 11.8. The van der Waals surface area contributed by atoms with Crippen molar-refractivity contribution >= 4 is 21.5 Å². The van der Waals surface area contributed by atoms with Crippen LogP contribution in [0.5, 0.6) is 0 Å². The van der Waals surface area contributed by atoms with E-state index >= 15 is 0 Å². The number of piperidine rings is 1. The molecule has 34 heavy (non-hydrogen) atoms. The van der Waals surface area contributed by atoms with Crippen LogP contribution in [-0.4, -0.2) is 63.4 Å². The third-order valence-electron chi connectivity index (χ3n) is 7.98. The highest BCUT2D eigenvalue weighted by atomic mass is 32.2. The number of esters is 1. The Morgan fingerprint density at radius 3 is 2.41 bits per heavy atom. The van der Waals surface area contributed by atoms with Crippen LogP contribution in [0.2, 0.25) is 0 Å². The molecule has 0 amide bonds. The van der Waals surface area contributed by atoms with Crippen LogP contribution < -0.4 is 4.90 Å². The summed E-state index contributed by atoms with van der Waals surface area (Å²) in [6, 6.07) is 10.9. The molecule has 2 aromatic rings. The lowest BCUT2D eigenvalue weighted by Gasteiger charge is -2.40. The van der Waals surface area contributed by atoms with Crippen molar-refractivity contribution in [3.63, 3.8) is 0 Å². The number of likely N-dealkylation sites (tertiary alicyclic amines) is 1. The summed E-state index contributed by atoms with van der Waals surface area (Å²) < 4.78 is 28.6. The lowest BCUT2D eigenvalue weighted by Crippen LogP contribution is -2.43. The van der Waals surface area contributed by atoms with E-state index in [1.807, 2.05) is 25.1 Å². The first-order chi connectivity index (χ1) is 16.2. The number of carbonyl (C=O) groups excluding carboxylic acids is 1. The number of rotatable bonds is 5. The molecular formula is C26H32N2O5S. The molecule has 0 aliphatic carbocycles. The summed E-state index contributed by atoms with van der Waals surface area (Å²) in [5.74, 6) is -0.280. The quantitative estimate of drug-likeness (QED) is 0.653. The Morgan fingerprint density at radius 2 is 1.74 bits per heavy atom. The maximum absolute atomic E-state index is 11.8. The Hall–Kier alpha value is -2.42. The van der Waals surface area contributed by atoms with Gasteiger partial charge in [0, 0.05) is 37.1 Å². The Bertz CT molecular complexity index is 1200. The Balaban J connectivity index is 1.18. The van der Waals surface area contributed by atoms with Crippen LogP contribution in [0.15, 0.2) is 41.3 Å². The summed E-state index contributed by atoms with van der Waals surface area (Å²) >= 11 is 0. The number of hydrogen-bond donors (Lipinski definition) is 1. The number of β-amino-alcohol motifs (C(OH)–C–C–N with tert-alkyl or cyclic N) is 1. The normalized spacial score (nSPS) is 21.0. The summed E-state index contributed by atoms with van der Waals surface area (Å²) in [7, 11) is -3.18. The van der Waals surface area contributed by atoms with Crippen molar-refractivity contribution in [2.45, 2.75) is 43.8 Å². The number of fused-ring (bicyclic) bond motifs is 1. The first-order valence-corrected chi connectivity index (χ1v) is 13.8. The molecule has 5 rings (SSSR count). The number of benzene rings is 2. The molecule has 2 saturated heterocycles. The van der Waals surface area contributed by atoms with Gasteiger partial charge in [-0.3, -0.25) is 0 Å². The van der Waals surface area contributed by atoms with E-state index in [1.54, 1.807) is 18.2 Å². The zero-order valence-electron chi connectivity index (χ0n) is 19.8. The molecule has 1 spiro atoms. The Kier molecular flexibility index (Phi) is 5.94. The lowest BCUT2D eigenvalue weighted by atomic mass is 9.77. The molecule has 0 radical (unpaired) electrons. The molecule has 1 unspecified atom stereocenters. The van der Waals surface area contributed by atoms with E-state index in [0.29, 0.717) is 23.6 Å². The summed E-state index contributed by atoms with van der Waals surface area (Å²) in [4.78, 5) is 16.9. The highest BCUT2D eigenvalue weighted by Crippen LogP contribution is 2.42.